The van der Waals surface area contributed by atoms with E-state index in [1.54, 1.807) is 25.1 Å². The second kappa shape index (κ2) is 5.52. The Morgan fingerprint density at radius 2 is 1.62 bits per heavy atom. The van der Waals surface area contributed by atoms with Crippen LogP contribution in [0.4, 0.5) is 0 Å². The van der Waals surface area contributed by atoms with Crippen LogP contribution in [0.25, 0.3) is 5.57 Å². The highest BCUT2D eigenvalue weighted by Crippen LogP contribution is 2.47. The van der Waals surface area contributed by atoms with Crippen LogP contribution >= 0.6 is 0 Å². The third kappa shape index (κ3) is 1.96. The van der Waals surface area contributed by atoms with Gasteiger partial charge in [-0.05, 0) is 19.1 Å². The van der Waals surface area contributed by atoms with Crippen LogP contribution in [0.2, 0.25) is 0 Å². The fourth-order valence-electron chi connectivity index (χ4n) is 2.43. The zero-order valence-corrected chi connectivity index (χ0v) is 11.9. The van der Waals surface area contributed by atoms with Crippen LogP contribution in [0.3, 0.4) is 0 Å². The van der Waals surface area contributed by atoms with Crippen molar-refractivity contribution in [1.29, 1.82) is 10.5 Å². The summed E-state index contributed by atoms with van der Waals surface area (Å²) < 4.78 is 10.5. The number of methoxy groups -OCH3 is 2. The quantitative estimate of drug-likeness (QED) is 0.614. The maximum atomic E-state index is 12.6. The van der Waals surface area contributed by atoms with Crippen molar-refractivity contribution in [3.05, 3.63) is 40.5 Å². The summed E-state index contributed by atoms with van der Waals surface area (Å²) in [6.07, 6.45) is 1.59. The van der Waals surface area contributed by atoms with E-state index in [0.717, 1.165) is 0 Å². The van der Waals surface area contributed by atoms with Gasteiger partial charge in [-0.3, -0.25) is 4.79 Å². The standard InChI is InChI=1S/C16H12N2O3/c1-4-10-13(9(7-17)8-18)14-11(20-2)5-6-12(21-3)15(14)16(10)19/h4-6H,1-3H3/b10-4+. The molecule has 0 aromatic heterocycles. The third-order valence-electron chi connectivity index (χ3n) is 3.32. The van der Waals surface area contributed by atoms with Crippen molar-refractivity contribution < 1.29 is 14.3 Å². The van der Waals surface area contributed by atoms with E-state index < -0.39 is 0 Å². The Labute approximate surface area is 122 Å². The Morgan fingerprint density at radius 1 is 1.10 bits per heavy atom. The monoisotopic (exact) mass is 280 g/mol. The lowest BCUT2D eigenvalue weighted by atomic mass is 9.99. The SMILES string of the molecule is C/C=C1/C(=O)c2c(OC)ccc(OC)c2C1=C(C#N)C#N. The van der Waals surface area contributed by atoms with E-state index in [2.05, 4.69) is 0 Å². The van der Waals surface area contributed by atoms with Crippen molar-refractivity contribution in [2.24, 2.45) is 0 Å². The van der Waals surface area contributed by atoms with Crippen molar-refractivity contribution in [3.8, 4) is 23.6 Å². The van der Waals surface area contributed by atoms with E-state index in [-0.39, 0.29) is 11.4 Å². The van der Waals surface area contributed by atoms with Crippen LogP contribution in [0.5, 0.6) is 11.5 Å². The summed E-state index contributed by atoms with van der Waals surface area (Å²) in [5.74, 6) is 0.538. The molecule has 0 bridgehead atoms. The first-order chi connectivity index (χ1) is 10.1. The predicted octanol–water partition coefficient (Wildman–Crippen LogP) is 2.65. The average molecular weight is 280 g/mol. The van der Waals surface area contributed by atoms with Gasteiger partial charge in [0.25, 0.3) is 0 Å². The average Bonchev–Trinajstić information content (AvgIpc) is 2.81. The molecule has 0 unspecified atom stereocenters. The zero-order valence-electron chi connectivity index (χ0n) is 11.9. The van der Waals surface area contributed by atoms with Crippen LogP contribution in [0.15, 0.2) is 29.4 Å². The summed E-state index contributed by atoms with van der Waals surface area (Å²) >= 11 is 0. The van der Waals surface area contributed by atoms with Gasteiger partial charge >= 0.3 is 0 Å². The lowest BCUT2D eigenvalue weighted by molar-refractivity contribution is 0.104. The van der Waals surface area contributed by atoms with E-state index in [4.69, 9.17) is 20.0 Å². The molecule has 1 aromatic carbocycles. The van der Waals surface area contributed by atoms with Crippen LogP contribution in [-0.4, -0.2) is 20.0 Å². The van der Waals surface area contributed by atoms with Gasteiger partial charge in [0.15, 0.2) is 5.78 Å². The van der Waals surface area contributed by atoms with E-state index in [0.29, 0.717) is 33.8 Å². The number of hydrogen-bond donors (Lipinski definition) is 0. The molecule has 104 valence electrons. The van der Waals surface area contributed by atoms with Gasteiger partial charge in [-0.2, -0.15) is 10.5 Å². The molecule has 1 aromatic rings. The Hall–Kier alpha value is -3.05. The summed E-state index contributed by atoms with van der Waals surface area (Å²) in [6.45, 7) is 1.68. The number of ketones is 1. The Kier molecular flexibility index (Phi) is 3.77. The number of rotatable bonds is 2. The lowest BCUT2D eigenvalue weighted by Gasteiger charge is -2.10. The van der Waals surface area contributed by atoms with Gasteiger partial charge in [-0.1, -0.05) is 6.08 Å². The van der Waals surface area contributed by atoms with Crippen molar-refractivity contribution >= 4 is 11.4 Å². The summed E-state index contributed by atoms with van der Waals surface area (Å²) in [5, 5.41) is 18.3. The molecule has 0 radical (unpaired) electrons. The highest BCUT2D eigenvalue weighted by Gasteiger charge is 2.37. The molecule has 0 heterocycles. The zero-order chi connectivity index (χ0) is 15.6. The smallest absolute Gasteiger partial charge is 0.197 e. The lowest BCUT2D eigenvalue weighted by Crippen LogP contribution is -1.99. The Balaban J connectivity index is 3.00. The molecular formula is C16H12N2O3. The molecule has 2 rings (SSSR count). The normalized spacial score (nSPS) is 14.4. The van der Waals surface area contributed by atoms with Crippen molar-refractivity contribution in [3.63, 3.8) is 0 Å². The maximum absolute atomic E-state index is 12.6. The number of hydrogen-bond acceptors (Lipinski definition) is 5. The highest BCUT2D eigenvalue weighted by molar-refractivity contribution is 6.29. The van der Waals surface area contributed by atoms with E-state index in [9.17, 15) is 4.79 Å². The summed E-state index contributed by atoms with van der Waals surface area (Å²) in [6, 6.07) is 6.95. The number of nitriles is 2. The van der Waals surface area contributed by atoms with Gasteiger partial charge in [0, 0.05) is 16.7 Å². The molecule has 0 aliphatic heterocycles. The number of ether oxygens (including phenoxy) is 2. The minimum atomic E-state index is -0.277. The molecule has 0 saturated carbocycles. The Bertz CT molecular complexity index is 758. The number of benzene rings is 1. The van der Waals surface area contributed by atoms with Crippen LogP contribution in [0.1, 0.15) is 22.8 Å². The second-order valence-electron chi connectivity index (χ2n) is 4.23. The van der Waals surface area contributed by atoms with Crippen molar-refractivity contribution in [1.82, 2.24) is 0 Å². The second-order valence-corrected chi connectivity index (χ2v) is 4.23. The molecular weight excluding hydrogens is 268 g/mol. The fourth-order valence-corrected chi connectivity index (χ4v) is 2.43. The third-order valence-corrected chi connectivity index (χ3v) is 3.32. The molecule has 1 aliphatic rings. The largest absolute Gasteiger partial charge is 0.496 e. The molecule has 0 atom stereocenters. The number of carbonyl (C=O) groups excluding carboxylic acids is 1. The Morgan fingerprint density at radius 3 is 2.05 bits per heavy atom. The minimum Gasteiger partial charge on any atom is -0.496 e. The molecule has 21 heavy (non-hydrogen) atoms. The first-order valence-electron chi connectivity index (χ1n) is 6.15. The molecule has 5 heteroatoms. The molecule has 0 fully saturated rings. The molecule has 0 amide bonds. The van der Waals surface area contributed by atoms with Crippen molar-refractivity contribution in [2.75, 3.05) is 14.2 Å². The number of nitrogens with zero attached hydrogens (tertiary/aromatic N) is 2. The van der Waals surface area contributed by atoms with Gasteiger partial charge in [-0.25, -0.2) is 0 Å². The molecule has 0 saturated heterocycles. The fraction of sp³-hybridized carbons (Fsp3) is 0.188. The van der Waals surface area contributed by atoms with E-state index in [1.807, 2.05) is 12.1 Å². The predicted molar refractivity (Wildman–Crippen MR) is 75.8 cm³/mol. The number of Topliss-reactive ketones (excluding diaryl/α,β-unsaturated/α-hetero) is 1. The number of allylic oxidation sites excluding steroid dienone is 4. The van der Waals surface area contributed by atoms with Gasteiger partial charge in [0.1, 0.15) is 29.2 Å². The first kappa shape index (κ1) is 14.4. The van der Waals surface area contributed by atoms with Crippen LogP contribution in [0, 0.1) is 22.7 Å². The van der Waals surface area contributed by atoms with E-state index in [1.165, 1.54) is 14.2 Å². The minimum absolute atomic E-state index is 0.123. The molecule has 5 nitrogen and oxygen atoms in total. The van der Waals surface area contributed by atoms with Crippen LogP contribution < -0.4 is 9.47 Å². The number of carbonyl (C=O) groups is 1. The van der Waals surface area contributed by atoms with Gasteiger partial charge in [-0.15, -0.1) is 0 Å². The summed E-state index contributed by atoms with van der Waals surface area (Å²) in [5.41, 5.74) is 1.25. The summed E-state index contributed by atoms with van der Waals surface area (Å²) in [7, 11) is 2.93. The molecule has 1 aliphatic carbocycles. The first-order valence-corrected chi connectivity index (χ1v) is 6.15. The van der Waals surface area contributed by atoms with Crippen LogP contribution in [-0.2, 0) is 0 Å². The van der Waals surface area contributed by atoms with E-state index >= 15 is 0 Å². The maximum Gasteiger partial charge on any atom is 0.197 e. The van der Waals surface area contributed by atoms with Crippen molar-refractivity contribution in [2.45, 2.75) is 6.92 Å². The molecule has 0 spiro atoms. The topological polar surface area (TPSA) is 83.1 Å². The molecule has 0 N–H and O–H groups in total. The van der Waals surface area contributed by atoms with Gasteiger partial charge in [0.2, 0.25) is 0 Å². The van der Waals surface area contributed by atoms with Gasteiger partial charge in [0.05, 0.1) is 19.8 Å². The van der Waals surface area contributed by atoms with Gasteiger partial charge < -0.3 is 9.47 Å². The summed E-state index contributed by atoms with van der Waals surface area (Å²) in [4.78, 5) is 12.6. The highest BCUT2D eigenvalue weighted by atomic mass is 16.5. The number of fused-ring (bicyclic) bond motifs is 1.